The first-order valence-electron chi connectivity index (χ1n) is 7.75. The Kier molecular flexibility index (Phi) is 5.77. The van der Waals surface area contributed by atoms with E-state index in [0.717, 1.165) is 12.0 Å². The number of phenolic OH excluding ortho intramolecular Hbond substituents is 1. The average Bonchev–Trinajstić information content (AvgIpc) is 2.51. The molecule has 4 heteroatoms. The summed E-state index contributed by atoms with van der Waals surface area (Å²) in [4.78, 5) is 14.4. The number of amides is 1. The fourth-order valence-corrected chi connectivity index (χ4v) is 2.46. The van der Waals surface area contributed by atoms with E-state index in [-0.39, 0.29) is 17.7 Å². The third kappa shape index (κ3) is 4.83. The van der Waals surface area contributed by atoms with E-state index in [1.54, 1.807) is 12.1 Å². The lowest BCUT2D eigenvalue weighted by atomic mass is 10.0. The van der Waals surface area contributed by atoms with Crippen LogP contribution < -0.4 is 5.32 Å². The smallest absolute Gasteiger partial charge is 0.255 e. The summed E-state index contributed by atoms with van der Waals surface area (Å²) >= 11 is 0. The lowest BCUT2D eigenvalue weighted by Gasteiger charge is -2.25. The number of carbonyl (C=O) groups excluding carboxylic acids is 1. The number of rotatable bonds is 6. The van der Waals surface area contributed by atoms with Crippen LogP contribution >= 0.6 is 0 Å². The van der Waals surface area contributed by atoms with Crippen LogP contribution in [-0.2, 0) is 6.42 Å². The summed E-state index contributed by atoms with van der Waals surface area (Å²) in [5, 5.41) is 12.8. The molecule has 0 aliphatic carbocycles. The van der Waals surface area contributed by atoms with Crippen LogP contribution in [0, 0.1) is 6.92 Å². The van der Waals surface area contributed by atoms with Crippen molar-refractivity contribution in [3.8, 4) is 5.75 Å². The minimum absolute atomic E-state index is 0.0203. The number of nitrogens with one attached hydrogen (secondary N) is 1. The van der Waals surface area contributed by atoms with Crippen LogP contribution in [0.2, 0.25) is 0 Å². The summed E-state index contributed by atoms with van der Waals surface area (Å²) in [5.74, 6) is -0.227. The number of likely N-dealkylation sites (N-methyl/N-ethyl adjacent to an activating group) is 1. The molecule has 0 bridgehead atoms. The van der Waals surface area contributed by atoms with Crippen molar-refractivity contribution in [3.05, 3.63) is 65.2 Å². The molecule has 1 atom stereocenters. The summed E-state index contributed by atoms with van der Waals surface area (Å²) in [7, 11) is 4.01. The first-order valence-corrected chi connectivity index (χ1v) is 7.75. The molecule has 0 fully saturated rings. The maximum Gasteiger partial charge on any atom is 0.255 e. The van der Waals surface area contributed by atoms with Gasteiger partial charge >= 0.3 is 0 Å². The summed E-state index contributed by atoms with van der Waals surface area (Å²) in [6.07, 6.45) is 0.855. The zero-order valence-electron chi connectivity index (χ0n) is 13.9. The average molecular weight is 312 g/mol. The molecule has 122 valence electrons. The fourth-order valence-electron chi connectivity index (χ4n) is 2.46. The zero-order chi connectivity index (χ0) is 16.8. The van der Waals surface area contributed by atoms with Gasteiger partial charge in [-0.2, -0.15) is 0 Å². The second-order valence-corrected chi connectivity index (χ2v) is 6.04. The Bertz CT molecular complexity index is 654. The van der Waals surface area contributed by atoms with Gasteiger partial charge in [-0.25, -0.2) is 0 Å². The minimum Gasteiger partial charge on any atom is -0.507 e. The number of aromatic hydroxyl groups is 1. The van der Waals surface area contributed by atoms with Crippen LogP contribution in [0.3, 0.4) is 0 Å². The van der Waals surface area contributed by atoms with E-state index < -0.39 is 0 Å². The zero-order valence-corrected chi connectivity index (χ0v) is 13.9. The third-order valence-electron chi connectivity index (χ3n) is 3.94. The number of hydrogen-bond acceptors (Lipinski definition) is 3. The van der Waals surface area contributed by atoms with E-state index in [0.29, 0.717) is 12.1 Å². The topological polar surface area (TPSA) is 52.6 Å². The van der Waals surface area contributed by atoms with Crippen molar-refractivity contribution in [1.29, 1.82) is 0 Å². The quantitative estimate of drug-likeness (QED) is 0.862. The Morgan fingerprint density at radius 3 is 2.48 bits per heavy atom. The van der Waals surface area contributed by atoms with Gasteiger partial charge in [0.2, 0.25) is 0 Å². The largest absolute Gasteiger partial charge is 0.507 e. The Balaban J connectivity index is 1.99. The molecule has 0 saturated heterocycles. The molecule has 0 aliphatic heterocycles. The predicted molar refractivity (Wildman–Crippen MR) is 92.8 cm³/mol. The van der Waals surface area contributed by atoms with Crippen molar-refractivity contribution < 1.29 is 9.90 Å². The van der Waals surface area contributed by atoms with E-state index in [1.165, 1.54) is 5.56 Å². The number of phenols is 1. The SMILES string of the molecule is Cc1ccc(C(=O)NCC(Cc2ccccc2)N(C)C)c(O)c1. The molecule has 0 aromatic heterocycles. The lowest BCUT2D eigenvalue weighted by molar-refractivity contribution is 0.0939. The van der Waals surface area contributed by atoms with Gasteiger partial charge in [-0.1, -0.05) is 36.4 Å². The molecular formula is C19H24N2O2. The summed E-state index contributed by atoms with van der Waals surface area (Å²) in [6.45, 7) is 2.40. The molecule has 23 heavy (non-hydrogen) atoms. The highest BCUT2D eigenvalue weighted by atomic mass is 16.3. The Morgan fingerprint density at radius 1 is 1.17 bits per heavy atom. The Hall–Kier alpha value is -2.33. The van der Waals surface area contributed by atoms with E-state index in [4.69, 9.17) is 0 Å². The van der Waals surface area contributed by atoms with Crippen molar-refractivity contribution in [2.24, 2.45) is 0 Å². The minimum atomic E-state index is -0.248. The Labute approximate surface area is 137 Å². The van der Waals surface area contributed by atoms with Gasteiger partial charge in [0.1, 0.15) is 5.75 Å². The highest BCUT2D eigenvalue weighted by molar-refractivity contribution is 5.96. The van der Waals surface area contributed by atoms with Crippen LogP contribution in [0.4, 0.5) is 0 Å². The maximum absolute atomic E-state index is 12.3. The molecule has 0 radical (unpaired) electrons. The van der Waals surface area contributed by atoms with Crippen molar-refractivity contribution in [1.82, 2.24) is 10.2 Å². The normalized spacial score (nSPS) is 12.2. The van der Waals surface area contributed by atoms with E-state index >= 15 is 0 Å². The molecule has 0 saturated carbocycles. The highest BCUT2D eigenvalue weighted by Gasteiger charge is 2.16. The molecule has 2 aromatic rings. The van der Waals surface area contributed by atoms with Crippen molar-refractivity contribution in [2.45, 2.75) is 19.4 Å². The van der Waals surface area contributed by atoms with Crippen LogP contribution in [0.5, 0.6) is 5.75 Å². The molecule has 1 amide bonds. The molecule has 2 rings (SSSR count). The third-order valence-corrected chi connectivity index (χ3v) is 3.94. The van der Waals surface area contributed by atoms with Gasteiger partial charge in [-0.15, -0.1) is 0 Å². The summed E-state index contributed by atoms with van der Waals surface area (Å²) < 4.78 is 0. The van der Waals surface area contributed by atoms with E-state index in [2.05, 4.69) is 22.3 Å². The number of benzene rings is 2. The van der Waals surface area contributed by atoms with Crippen LogP contribution in [0.1, 0.15) is 21.5 Å². The van der Waals surface area contributed by atoms with Gasteiger partial charge in [0.05, 0.1) is 5.56 Å². The van der Waals surface area contributed by atoms with E-state index in [1.807, 2.05) is 45.3 Å². The monoisotopic (exact) mass is 312 g/mol. The summed E-state index contributed by atoms with van der Waals surface area (Å²) in [6, 6.07) is 15.5. The van der Waals surface area contributed by atoms with Gasteiger partial charge in [0.25, 0.3) is 5.91 Å². The highest BCUT2D eigenvalue weighted by Crippen LogP contribution is 2.18. The van der Waals surface area contributed by atoms with Crippen molar-refractivity contribution >= 4 is 5.91 Å². The number of aryl methyl sites for hydroxylation is 1. The van der Waals surface area contributed by atoms with Gasteiger partial charge < -0.3 is 15.3 Å². The van der Waals surface area contributed by atoms with Gasteiger partial charge in [0.15, 0.2) is 0 Å². The van der Waals surface area contributed by atoms with Gasteiger partial charge in [-0.3, -0.25) is 4.79 Å². The van der Waals surface area contributed by atoms with Crippen LogP contribution in [0.15, 0.2) is 48.5 Å². The van der Waals surface area contributed by atoms with Crippen LogP contribution in [-0.4, -0.2) is 42.6 Å². The molecule has 0 heterocycles. The molecule has 2 N–H and O–H groups in total. The van der Waals surface area contributed by atoms with Gasteiger partial charge in [-0.05, 0) is 50.7 Å². The molecule has 0 aliphatic rings. The predicted octanol–water partition coefficient (Wildman–Crippen LogP) is 2.60. The van der Waals surface area contributed by atoms with Gasteiger partial charge in [0, 0.05) is 12.6 Å². The second-order valence-electron chi connectivity index (χ2n) is 6.04. The second kappa shape index (κ2) is 7.79. The van der Waals surface area contributed by atoms with Crippen molar-refractivity contribution in [2.75, 3.05) is 20.6 Å². The number of hydrogen-bond donors (Lipinski definition) is 2. The fraction of sp³-hybridized carbons (Fsp3) is 0.316. The first-order chi connectivity index (χ1) is 11.0. The Morgan fingerprint density at radius 2 is 1.87 bits per heavy atom. The van der Waals surface area contributed by atoms with Crippen LogP contribution in [0.25, 0.3) is 0 Å². The summed E-state index contributed by atoms with van der Waals surface area (Å²) in [5.41, 5.74) is 2.47. The standard InChI is InChI=1S/C19H24N2O2/c1-14-9-10-17(18(22)11-14)19(23)20-13-16(21(2)3)12-15-7-5-4-6-8-15/h4-11,16,22H,12-13H2,1-3H3,(H,20,23). The molecule has 2 aromatic carbocycles. The molecule has 4 nitrogen and oxygen atoms in total. The molecular weight excluding hydrogens is 288 g/mol. The van der Waals surface area contributed by atoms with E-state index in [9.17, 15) is 9.90 Å². The number of nitrogens with zero attached hydrogens (tertiary/aromatic N) is 1. The molecule has 0 spiro atoms. The van der Waals surface area contributed by atoms with Crippen molar-refractivity contribution in [3.63, 3.8) is 0 Å². The number of carbonyl (C=O) groups is 1. The molecule has 1 unspecified atom stereocenters. The lowest BCUT2D eigenvalue weighted by Crippen LogP contribution is -2.41. The maximum atomic E-state index is 12.3. The first kappa shape index (κ1) is 17.0.